The van der Waals surface area contributed by atoms with Crippen LogP contribution in [0, 0.1) is 5.82 Å². The fourth-order valence-corrected chi connectivity index (χ4v) is 2.69. The van der Waals surface area contributed by atoms with Gasteiger partial charge in [0.2, 0.25) is 10.0 Å². The minimum Gasteiger partial charge on any atom is -0.283 e. The quantitative estimate of drug-likeness (QED) is 0.844. The van der Waals surface area contributed by atoms with Crippen LogP contribution in [0.25, 0.3) is 0 Å². The van der Waals surface area contributed by atoms with Crippen LogP contribution in [0.15, 0.2) is 22.7 Å². The zero-order valence-corrected chi connectivity index (χ0v) is 11.4. The Bertz CT molecular complexity index is 467. The Labute approximate surface area is 107 Å². The van der Waals surface area contributed by atoms with Crippen molar-refractivity contribution < 1.29 is 12.8 Å². The third kappa shape index (κ3) is 4.27. The van der Waals surface area contributed by atoms with Crippen molar-refractivity contribution in [2.24, 2.45) is 0 Å². The first kappa shape index (κ1) is 13.7. The number of anilines is 1. The molecular weight excluding hydrogens is 321 g/mol. The van der Waals surface area contributed by atoms with Crippen LogP contribution in [0.4, 0.5) is 10.1 Å². The molecule has 0 aliphatic rings. The van der Waals surface area contributed by atoms with Crippen molar-refractivity contribution in [3.8, 4) is 0 Å². The molecule has 0 atom stereocenters. The van der Waals surface area contributed by atoms with Crippen molar-refractivity contribution >= 4 is 43.2 Å². The molecule has 3 nitrogen and oxygen atoms in total. The monoisotopic (exact) mass is 329 g/mol. The predicted molar refractivity (Wildman–Crippen MR) is 66.8 cm³/mol. The molecule has 0 aromatic heterocycles. The molecule has 1 aromatic rings. The Hall–Kier alpha value is -0.330. The van der Waals surface area contributed by atoms with Crippen molar-refractivity contribution in [2.75, 3.05) is 16.4 Å². The van der Waals surface area contributed by atoms with Crippen LogP contribution in [0.1, 0.15) is 6.42 Å². The van der Waals surface area contributed by atoms with Crippen LogP contribution in [-0.4, -0.2) is 20.1 Å². The van der Waals surface area contributed by atoms with Gasteiger partial charge in [0.15, 0.2) is 0 Å². The summed E-state index contributed by atoms with van der Waals surface area (Å²) in [5, 5.41) is 0. The number of hydrogen-bond donors (Lipinski definition) is 1. The second-order valence-electron chi connectivity index (χ2n) is 3.09. The number of sulfonamides is 1. The SMILES string of the molecule is O=S(=O)(CCCCl)Nc1ccc(Br)c(F)c1. The average Bonchev–Trinajstić information content (AvgIpc) is 2.20. The Morgan fingerprint density at radius 2 is 2.12 bits per heavy atom. The first-order valence-electron chi connectivity index (χ1n) is 4.46. The summed E-state index contributed by atoms with van der Waals surface area (Å²) >= 11 is 8.38. The zero-order chi connectivity index (χ0) is 12.2. The highest BCUT2D eigenvalue weighted by Crippen LogP contribution is 2.20. The first-order chi connectivity index (χ1) is 7.44. The van der Waals surface area contributed by atoms with Crippen LogP contribution >= 0.6 is 27.5 Å². The van der Waals surface area contributed by atoms with E-state index in [0.29, 0.717) is 6.42 Å². The lowest BCUT2D eigenvalue weighted by atomic mass is 10.3. The van der Waals surface area contributed by atoms with Gasteiger partial charge in [-0.3, -0.25) is 4.72 Å². The lowest BCUT2D eigenvalue weighted by Crippen LogP contribution is -2.17. The zero-order valence-electron chi connectivity index (χ0n) is 8.21. The van der Waals surface area contributed by atoms with E-state index in [1.165, 1.54) is 12.1 Å². The molecule has 0 aliphatic carbocycles. The highest BCUT2D eigenvalue weighted by molar-refractivity contribution is 9.10. The van der Waals surface area contributed by atoms with Crippen LogP contribution in [0.3, 0.4) is 0 Å². The van der Waals surface area contributed by atoms with Gasteiger partial charge in [0, 0.05) is 5.88 Å². The maximum atomic E-state index is 13.1. The highest BCUT2D eigenvalue weighted by atomic mass is 79.9. The molecule has 1 rings (SSSR count). The van der Waals surface area contributed by atoms with Gasteiger partial charge in [0.05, 0.1) is 15.9 Å². The minimum absolute atomic E-state index is 0.0752. The van der Waals surface area contributed by atoms with E-state index in [9.17, 15) is 12.8 Å². The van der Waals surface area contributed by atoms with E-state index in [4.69, 9.17) is 11.6 Å². The number of rotatable bonds is 5. The Morgan fingerprint density at radius 1 is 1.44 bits per heavy atom. The van der Waals surface area contributed by atoms with Crippen molar-refractivity contribution in [1.82, 2.24) is 0 Å². The van der Waals surface area contributed by atoms with Gasteiger partial charge in [-0.2, -0.15) is 0 Å². The number of benzene rings is 1. The number of nitrogens with one attached hydrogen (secondary N) is 1. The highest BCUT2D eigenvalue weighted by Gasteiger charge is 2.10. The van der Waals surface area contributed by atoms with Gasteiger partial charge >= 0.3 is 0 Å². The summed E-state index contributed by atoms with van der Waals surface area (Å²) in [5.41, 5.74) is 0.204. The number of alkyl halides is 1. The molecule has 0 radical (unpaired) electrons. The molecule has 7 heteroatoms. The average molecular weight is 331 g/mol. The van der Waals surface area contributed by atoms with Crippen LogP contribution in [0.2, 0.25) is 0 Å². The van der Waals surface area contributed by atoms with E-state index in [0.717, 1.165) is 6.07 Å². The van der Waals surface area contributed by atoms with Crippen molar-refractivity contribution in [2.45, 2.75) is 6.42 Å². The first-order valence-corrected chi connectivity index (χ1v) is 7.44. The third-order valence-corrected chi connectivity index (χ3v) is 4.02. The van der Waals surface area contributed by atoms with Gasteiger partial charge < -0.3 is 0 Å². The third-order valence-electron chi connectivity index (χ3n) is 1.74. The van der Waals surface area contributed by atoms with E-state index < -0.39 is 15.8 Å². The molecule has 90 valence electrons. The number of halogens is 3. The minimum atomic E-state index is -3.44. The van der Waals surface area contributed by atoms with E-state index in [1.807, 2.05) is 0 Å². The van der Waals surface area contributed by atoms with Crippen molar-refractivity contribution in [1.29, 1.82) is 0 Å². The van der Waals surface area contributed by atoms with E-state index >= 15 is 0 Å². The summed E-state index contributed by atoms with van der Waals surface area (Å²) in [4.78, 5) is 0. The largest absolute Gasteiger partial charge is 0.283 e. The second kappa shape index (κ2) is 5.84. The standard InChI is InChI=1S/C9H10BrClFNO2S/c10-8-3-2-7(6-9(8)12)13-16(14,15)5-1-4-11/h2-3,6,13H,1,4-5H2. The lowest BCUT2D eigenvalue weighted by molar-refractivity contribution is 0.599. The van der Waals surface area contributed by atoms with Crippen molar-refractivity contribution in [3.05, 3.63) is 28.5 Å². The second-order valence-corrected chi connectivity index (χ2v) is 6.17. The Balaban J connectivity index is 2.76. The molecule has 0 heterocycles. The van der Waals surface area contributed by atoms with Crippen molar-refractivity contribution in [3.63, 3.8) is 0 Å². The summed E-state index contributed by atoms with van der Waals surface area (Å²) in [6.45, 7) is 0. The predicted octanol–water partition coefficient (Wildman–Crippen LogP) is 2.96. The molecule has 1 aromatic carbocycles. The van der Waals surface area contributed by atoms with Gasteiger partial charge in [-0.15, -0.1) is 11.6 Å². The number of hydrogen-bond acceptors (Lipinski definition) is 2. The summed E-state index contributed by atoms with van der Waals surface area (Å²) in [6.07, 6.45) is 0.357. The molecule has 1 N–H and O–H groups in total. The molecule has 0 fully saturated rings. The van der Waals surface area contributed by atoms with E-state index in [1.54, 1.807) is 0 Å². The van der Waals surface area contributed by atoms with Gasteiger partial charge in [0.25, 0.3) is 0 Å². The molecular formula is C9H10BrClFNO2S. The molecule has 16 heavy (non-hydrogen) atoms. The van der Waals surface area contributed by atoms with Gasteiger partial charge in [-0.05, 0) is 40.5 Å². The van der Waals surface area contributed by atoms with Crippen LogP contribution < -0.4 is 4.72 Å². The maximum absolute atomic E-state index is 13.1. The van der Waals surface area contributed by atoms with Gasteiger partial charge in [-0.1, -0.05) is 0 Å². The molecule has 0 spiro atoms. The van der Waals surface area contributed by atoms with Crippen LogP contribution in [0.5, 0.6) is 0 Å². The molecule has 0 saturated heterocycles. The normalized spacial score (nSPS) is 11.4. The smallest absolute Gasteiger partial charge is 0.232 e. The topological polar surface area (TPSA) is 46.2 Å². The summed E-state index contributed by atoms with van der Waals surface area (Å²) in [5.74, 6) is -0.318. The summed E-state index contributed by atoms with van der Waals surface area (Å²) in [7, 11) is -3.44. The van der Waals surface area contributed by atoms with Gasteiger partial charge in [0.1, 0.15) is 5.82 Å². The maximum Gasteiger partial charge on any atom is 0.232 e. The van der Waals surface area contributed by atoms with Gasteiger partial charge in [-0.25, -0.2) is 12.8 Å². The molecule has 0 aliphatic heterocycles. The Kier molecular flexibility index (Phi) is 5.01. The van der Waals surface area contributed by atoms with E-state index in [2.05, 4.69) is 20.7 Å². The van der Waals surface area contributed by atoms with E-state index in [-0.39, 0.29) is 21.8 Å². The fraction of sp³-hybridized carbons (Fsp3) is 0.333. The Morgan fingerprint density at radius 3 is 2.69 bits per heavy atom. The van der Waals surface area contributed by atoms with Crippen LogP contribution in [-0.2, 0) is 10.0 Å². The molecule has 0 bridgehead atoms. The lowest BCUT2D eigenvalue weighted by Gasteiger charge is -2.07. The summed E-state index contributed by atoms with van der Waals surface area (Å²) < 4.78 is 38.6. The molecule has 0 unspecified atom stereocenters. The molecule has 0 amide bonds. The summed E-state index contributed by atoms with van der Waals surface area (Å²) in [6, 6.07) is 4.03. The fourth-order valence-electron chi connectivity index (χ4n) is 1.03. The molecule has 0 saturated carbocycles.